The summed E-state index contributed by atoms with van der Waals surface area (Å²) in [6.45, 7) is 6.89. The van der Waals surface area contributed by atoms with Gasteiger partial charge >= 0.3 is 6.03 Å². The van der Waals surface area contributed by atoms with Crippen molar-refractivity contribution >= 4 is 17.6 Å². The van der Waals surface area contributed by atoms with Crippen LogP contribution in [0.5, 0.6) is 0 Å². The molecule has 0 atom stereocenters. The van der Waals surface area contributed by atoms with Crippen molar-refractivity contribution in [2.24, 2.45) is 7.05 Å². The number of nitrogens with one attached hydrogen (secondary N) is 1. The van der Waals surface area contributed by atoms with E-state index < -0.39 is 11.8 Å². The molecule has 2 rings (SSSR count). The molecule has 0 saturated heterocycles. The lowest BCUT2D eigenvalue weighted by atomic mass is 10.2. The minimum absolute atomic E-state index is 0.0348. The van der Waals surface area contributed by atoms with Crippen LogP contribution in [-0.4, -0.2) is 45.4 Å². The fourth-order valence-corrected chi connectivity index (χ4v) is 2.99. The van der Waals surface area contributed by atoms with Gasteiger partial charge in [-0.25, -0.2) is 9.18 Å². The van der Waals surface area contributed by atoms with Gasteiger partial charge in [0.1, 0.15) is 12.4 Å². The molecule has 2 aromatic rings. The van der Waals surface area contributed by atoms with Gasteiger partial charge in [0.05, 0.1) is 6.54 Å². The Labute approximate surface area is 172 Å². The standard InChI is InChI=1S/C22H31FN4O2/c1-5-6-13-26(15-20-11-8-12-25(20)4)21(28)16-27(17(2)3)22(29)24-19-10-7-9-18(23)14-19/h7-12,14,17H,5-6,13,15-16H2,1-4H3,(H,24,29). The normalized spacial score (nSPS) is 10.8. The minimum atomic E-state index is -0.428. The molecule has 3 amide bonds. The molecule has 0 aliphatic heterocycles. The smallest absolute Gasteiger partial charge is 0.322 e. The number of nitrogens with zero attached hydrogens (tertiary/aromatic N) is 3. The first-order valence-electron chi connectivity index (χ1n) is 10.0. The molecule has 158 valence electrons. The van der Waals surface area contributed by atoms with Crippen LogP contribution in [0.4, 0.5) is 14.9 Å². The Bertz CT molecular complexity index is 819. The van der Waals surface area contributed by atoms with Crippen LogP contribution in [0.2, 0.25) is 0 Å². The fraction of sp³-hybridized carbons (Fsp3) is 0.455. The molecule has 29 heavy (non-hydrogen) atoms. The summed E-state index contributed by atoms with van der Waals surface area (Å²) in [5, 5.41) is 2.68. The molecular formula is C22H31FN4O2. The summed E-state index contributed by atoms with van der Waals surface area (Å²) >= 11 is 0. The van der Waals surface area contributed by atoms with Crippen molar-refractivity contribution in [1.82, 2.24) is 14.4 Å². The number of aryl methyl sites for hydroxylation is 1. The summed E-state index contributed by atoms with van der Waals surface area (Å²) in [6, 6.07) is 9.04. The maximum absolute atomic E-state index is 13.4. The summed E-state index contributed by atoms with van der Waals surface area (Å²) < 4.78 is 15.4. The Hall–Kier alpha value is -2.83. The zero-order valence-corrected chi connectivity index (χ0v) is 17.7. The Morgan fingerprint density at radius 1 is 1.21 bits per heavy atom. The van der Waals surface area contributed by atoms with E-state index in [0.29, 0.717) is 18.8 Å². The molecule has 0 unspecified atom stereocenters. The number of benzene rings is 1. The molecule has 0 radical (unpaired) electrons. The molecule has 0 fully saturated rings. The Balaban J connectivity index is 2.09. The highest BCUT2D eigenvalue weighted by Gasteiger charge is 2.24. The first kappa shape index (κ1) is 22.5. The topological polar surface area (TPSA) is 57.6 Å². The number of aromatic nitrogens is 1. The van der Waals surface area contributed by atoms with Gasteiger partial charge in [-0.2, -0.15) is 0 Å². The van der Waals surface area contributed by atoms with E-state index in [1.165, 1.54) is 23.1 Å². The van der Waals surface area contributed by atoms with Crippen molar-refractivity contribution < 1.29 is 14.0 Å². The van der Waals surface area contributed by atoms with Crippen LogP contribution >= 0.6 is 0 Å². The summed E-state index contributed by atoms with van der Waals surface area (Å²) in [5.74, 6) is -0.536. The van der Waals surface area contributed by atoms with Gasteiger partial charge in [-0.1, -0.05) is 19.4 Å². The van der Waals surface area contributed by atoms with Gasteiger partial charge in [0.2, 0.25) is 5.91 Å². The van der Waals surface area contributed by atoms with E-state index in [9.17, 15) is 14.0 Å². The van der Waals surface area contributed by atoms with Gasteiger partial charge in [-0.3, -0.25) is 4.79 Å². The van der Waals surface area contributed by atoms with Crippen molar-refractivity contribution in [3.05, 3.63) is 54.1 Å². The Kier molecular flexibility index (Phi) is 8.24. The van der Waals surface area contributed by atoms with Crippen LogP contribution in [0, 0.1) is 5.82 Å². The number of urea groups is 1. The maximum atomic E-state index is 13.4. The lowest BCUT2D eigenvalue weighted by Gasteiger charge is -2.30. The number of amides is 3. The number of halogens is 1. The van der Waals surface area contributed by atoms with Crippen LogP contribution in [0.1, 0.15) is 39.3 Å². The number of anilines is 1. The Morgan fingerprint density at radius 3 is 2.55 bits per heavy atom. The van der Waals surface area contributed by atoms with Crippen molar-refractivity contribution in [3.8, 4) is 0 Å². The molecule has 0 saturated carbocycles. The highest BCUT2D eigenvalue weighted by molar-refractivity contribution is 5.92. The lowest BCUT2D eigenvalue weighted by molar-refractivity contribution is -0.132. The van der Waals surface area contributed by atoms with Crippen LogP contribution in [0.3, 0.4) is 0 Å². The summed E-state index contributed by atoms with van der Waals surface area (Å²) in [6.07, 6.45) is 3.82. The summed E-state index contributed by atoms with van der Waals surface area (Å²) in [4.78, 5) is 29.0. The molecule has 7 heteroatoms. The van der Waals surface area contributed by atoms with Crippen LogP contribution < -0.4 is 5.32 Å². The molecule has 1 aromatic carbocycles. The number of carbonyl (C=O) groups excluding carboxylic acids is 2. The SMILES string of the molecule is CCCCN(Cc1cccn1C)C(=O)CN(C(=O)Nc1cccc(F)c1)C(C)C. The van der Waals surface area contributed by atoms with Crippen molar-refractivity contribution in [2.75, 3.05) is 18.4 Å². The molecule has 1 heterocycles. The van der Waals surface area contributed by atoms with Crippen molar-refractivity contribution in [3.63, 3.8) is 0 Å². The second kappa shape index (κ2) is 10.6. The van der Waals surface area contributed by atoms with E-state index in [0.717, 1.165) is 18.5 Å². The Morgan fingerprint density at radius 2 is 1.97 bits per heavy atom. The number of rotatable bonds is 9. The molecule has 0 aliphatic rings. The van der Waals surface area contributed by atoms with Crippen molar-refractivity contribution in [1.29, 1.82) is 0 Å². The van der Waals surface area contributed by atoms with Gasteiger partial charge in [0.15, 0.2) is 0 Å². The second-order valence-corrected chi connectivity index (χ2v) is 7.44. The van der Waals surface area contributed by atoms with Gasteiger partial charge in [-0.05, 0) is 50.6 Å². The molecule has 6 nitrogen and oxygen atoms in total. The largest absolute Gasteiger partial charge is 0.353 e. The van der Waals surface area contributed by atoms with E-state index in [1.807, 2.05) is 43.8 Å². The lowest BCUT2D eigenvalue weighted by Crippen LogP contribution is -2.47. The predicted molar refractivity (Wildman–Crippen MR) is 113 cm³/mol. The first-order chi connectivity index (χ1) is 13.8. The number of hydrogen-bond donors (Lipinski definition) is 1. The zero-order valence-electron chi connectivity index (χ0n) is 17.7. The van der Waals surface area contributed by atoms with Crippen LogP contribution in [-0.2, 0) is 18.4 Å². The average molecular weight is 403 g/mol. The third-order valence-electron chi connectivity index (χ3n) is 4.80. The van der Waals surface area contributed by atoms with E-state index in [1.54, 1.807) is 11.0 Å². The van der Waals surface area contributed by atoms with Gasteiger partial charge in [0.25, 0.3) is 0 Å². The molecule has 0 bridgehead atoms. The van der Waals surface area contributed by atoms with Gasteiger partial charge < -0.3 is 19.7 Å². The highest BCUT2D eigenvalue weighted by atomic mass is 19.1. The fourth-order valence-electron chi connectivity index (χ4n) is 2.99. The van der Waals surface area contributed by atoms with Crippen LogP contribution in [0.25, 0.3) is 0 Å². The van der Waals surface area contributed by atoms with E-state index in [4.69, 9.17) is 0 Å². The molecule has 1 aromatic heterocycles. The minimum Gasteiger partial charge on any atom is -0.353 e. The van der Waals surface area contributed by atoms with Crippen molar-refractivity contribution in [2.45, 2.75) is 46.2 Å². The molecular weight excluding hydrogens is 371 g/mol. The average Bonchev–Trinajstić information content (AvgIpc) is 3.07. The second-order valence-electron chi connectivity index (χ2n) is 7.44. The molecule has 1 N–H and O–H groups in total. The predicted octanol–water partition coefficient (Wildman–Crippen LogP) is 4.24. The first-order valence-corrected chi connectivity index (χ1v) is 10.0. The van der Waals surface area contributed by atoms with E-state index >= 15 is 0 Å². The number of unbranched alkanes of at least 4 members (excludes halogenated alkanes) is 1. The number of carbonyl (C=O) groups is 2. The third-order valence-corrected chi connectivity index (χ3v) is 4.80. The molecule has 0 spiro atoms. The number of hydrogen-bond acceptors (Lipinski definition) is 2. The maximum Gasteiger partial charge on any atom is 0.322 e. The quantitative estimate of drug-likeness (QED) is 0.682. The summed E-state index contributed by atoms with van der Waals surface area (Å²) in [7, 11) is 1.95. The molecule has 0 aliphatic carbocycles. The zero-order chi connectivity index (χ0) is 21.4. The van der Waals surface area contributed by atoms with E-state index in [2.05, 4.69) is 12.2 Å². The monoisotopic (exact) mass is 402 g/mol. The van der Waals surface area contributed by atoms with E-state index in [-0.39, 0.29) is 18.5 Å². The highest BCUT2D eigenvalue weighted by Crippen LogP contribution is 2.13. The van der Waals surface area contributed by atoms with Crippen LogP contribution in [0.15, 0.2) is 42.6 Å². The van der Waals surface area contributed by atoms with Gasteiger partial charge in [-0.15, -0.1) is 0 Å². The summed E-state index contributed by atoms with van der Waals surface area (Å²) in [5.41, 5.74) is 1.40. The van der Waals surface area contributed by atoms with Gasteiger partial charge in [0, 0.05) is 37.2 Å². The third kappa shape index (κ3) is 6.62.